The number of carbonyl (C=O) groups is 3. The zero-order valence-corrected chi connectivity index (χ0v) is 17.7. The van der Waals surface area contributed by atoms with Crippen molar-refractivity contribution in [2.45, 2.75) is 53.6 Å². The predicted octanol–water partition coefficient (Wildman–Crippen LogP) is 4.12. The van der Waals surface area contributed by atoms with Crippen LogP contribution in [0.15, 0.2) is 24.3 Å². The lowest BCUT2D eigenvalue weighted by Gasteiger charge is -2.13. The van der Waals surface area contributed by atoms with E-state index in [0.717, 1.165) is 5.56 Å². The summed E-state index contributed by atoms with van der Waals surface area (Å²) < 4.78 is 10.3. The molecular weight excluding hydrogens is 372 g/mol. The highest BCUT2D eigenvalue weighted by Gasteiger charge is 2.25. The molecule has 0 bridgehead atoms. The third-order valence-corrected chi connectivity index (χ3v) is 4.38. The van der Waals surface area contributed by atoms with Crippen molar-refractivity contribution >= 4 is 23.5 Å². The Bertz CT molecular complexity index is 912. The van der Waals surface area contributed by atoms with Crippen LogP contribution in [0.5, 0.6) is 0 Å². The highest BCUT2D eigenvalue weighted by molar-refractivity contribution is 6.00. The zero-order valence-electron chi connectivity index (χ0n) is 17.7. The van der Waals surface area contributed by atoms with Crippen LogP contribution in [0.3, 0.4) is 0 Å². The number of nitrogens with one attached hydrogen (secondary N) is 2. The molecule has 0 fully saturated rings. The molecule has 7 heteroatoms. The average molecular weight is 400 g/mol. The summed E-state index contributed by atoms with van der Waals surface area (Å²) in [6, 6.07) is 7.48. The van der Waals surface area contributed by atoms with E-state index in [4.69, 9.17) is 9.47 Å². The Labute approximate surface area is 170 Å². The summed E-state index contributed by atoms with van der Waals surface area (Å²) in [7, 11) is 0. The van der Waals surface area contributed by atoms with Gasteiger partial charge in [0.2, 0.25) is 0 Å². The first kappa shape index (κ1) is 22.2. The number of esters is 2. The van der Waals surface area contributed by atoms with E-state index in [-0.39, 0.29) is 17.7 Å². The van der Waals surface area contributed by atoms with Crippen molar-refractivity contribution < 1.29 is 23.9 Å². The lowest BCUT2D eigenvalue weighted by Crippen LogP contribution is -2.22. The van der Waals surface area contributed by atoms with Crippen LogP contribution in [0.1, 0.15) is 71.3 Å². The number of aromatic nitrogens is 1. The number of hydrogen-bond donors (Lipinski definition) is 2. The number of hydrogen-bond acceptors (Lipinski definition) is 5. The molecule has 1 aromatic carbocycles. The van der Waals surface area contributed by atoms with E-state index in [1.54, 1.807) is 33.8 Å². The standard InChI is InChI=1S/C22H28N2O5/c1-12(2)16-9-7-8-10-17(16)24-18(25)11-28-22(27)20-14(5)19(15(6)23-20)21(26)29-13(3)4/h7-10,12-13,23H,11H2,1-6H3,(H,24,25). The quantitative estimate of drug-likeness (QED) is 0.682. The molecule has 0 aliphatic carbocycles. The average Bonchev–Trinajstić information content (AvgIpc) is 2.93. The number of rotatable bonds is 7. The second-order valence-electron chi connectivity index (χ2n) is 7.45. The van der Waals surface area contributed by atoms with E-state index in [9.17, 15) is 14.4 Å². The largest absolute Gasteiger partial charge is 0.459 e. The van der Waals surface area contributed by atoms with Crippen molar-refractivity contribution in [3.63, 3.8) is 0 Å². The van der Waals surface area contributed by atoms with Crippen molar-refractivity contribution in [1.29, 1.82) is 0 Å². The molecule has 2 N–H and O–H groups in total. The Hall–Kier alpha value is -3.09. The molecule has 2 aromatic rings. The van der Waals surface area contributed by atoms with Crippen LogP contribution in [0.2, 0.25) is 0 Å². The molecule has 0 saturated carbocycles. The molecule has 0 aliphatic rings. The number of para-hydroxylation sites is 1. The Kier molecular flexibility index (Phi) is 7.20. The van der Waals surface area contributed by atoms with Gasteiger partial charge in [0.1, 0.15) is 5.69 Å². The summed E-state index contributed by atoms with van der Waals surface area (Å²) in [6.07, 6.45) is -0.274. The molecule has 156 valence electrons. The maximum Gasteiger partial charge on any atom is 0.355 e. The van der Waals surface area contributed by atoms with Crippen LogP contribution in [-0.4, -0.2) is 35.5 Å². The lowest BCUT2D eigenvalue weighted by molar-refractivity contribution is -0.119. The highest BCUT2D eigenvalue weighted by atomic mass is 16.5. The van der Waals surface area contributed by atoms with E-state index in [0.29, 0.717) is 22.5 Å². The number of aromatic amines is 1. The summed E-state index contributed by atoms with van der Waals surface area (Å²) in [5.74, 6) is -1.41. The van der Waals surface area contributed by atoms with Crippen LogP contribution >= 0.6 is 0 Å². The van der Waals surface area contributed by atoms with E-state index in [1.807, 2.05) is 32.0 Å². The Balaban J connectivity index is 2.05. The second kappa shape index (κ2) is 9.41. The molecule has 2 rings (SSSR count). The van der Waals surface area contributed by atoms with Crippen LogP contribution in [0.25, 0.3) is 0 Å². The van der Waals surface area contributed by atoms with Crippen molar-refractivity contribution in [2.24, 2.45) is 0 Å². The Morgan fingerprint density at radius 2 is 1.69 bits per heavy atom. The maximum atomic E-state index is 12.4. The van der Waals surface area contributed by atoms with Crippen LogP contribution in [-0.2, 0) is 14.3 Å². The molecule has 0 spiro atoms. The van der Waals surface area contributed by atoms with Gasteiger partial charge < -0.3 is 19.8 Å². The van der Waals surface area contributed by atoms with Gasteiger partial charge >= 0.3 is 11.9 Å². The third-order valence-electron chi connectivity index (χ3n) is 4.38. The molecule has 1 amide bonds. The summed E-state index contributed by atoms with van der Waals surface area (Å²) in [6.45, 7) is 10.4. The lowest BCUT2D eigenvalue weighted by atomic mass is 10.0. The molecule has 0 saturated heterocycles. The second-order valence-corrected chi connectivity index (χ2v) is 7.45. The SMILES string of the molecule is Cc1[nH]c(C(=O)OCC(=O)Nc2ccccc2C(C)C)c(C)c1C(=O)OC(C)C. The van der Waals surface area contributed by atoms with Gasteiger partial charge in [-0.3, -0.25) is 4.79 Å². The first-order valence-corrected chi connectivity index (χ1v) is 9.57. The third kappa shape index (κ3) is 5.47. The molecule has 0 unspecified atom stereocenters. The Morgan fingerprint density at radius 3 is 2.31 bits per heavy atom. The fourth-order valence-electron chi connectivity index (χ4n) is 3.04. The first-order valence-electron chi connectivity index (χ1n) is 9.57. The number of benzene rings is 1. The fraction of sp³-hybridized carbons (Fsp3) is 0.409. The van der Waals surface area contributed by atoms with Crippen LogP contribution in [0.4, 0.5) is 5.69 Å². The Morgan fingerprint density at radius 1 is 1.03 bits per heavy atom. The molecule has 29 heavy (non-hydrogen) atoms. The number of carbonyl (C=O) groups excluding carboxylic acids is 3. The van der Waals surface area contributed by atoms with E-state index in [2.05, 4.69) is 10.3 Å². The minimum Gasteiger partial charge on any atom is -0.459 e. The highest BCUT2D eigenvalue weighted by Crippen LogP contribution is 2.24. The summed E-state index contributed by atoms with van der Waals surface area (Å²) in [4.78, 5) is 39.7. The number of amides is 1. The minimum absolute atomic E-state index is 0.133. The molecule has 1 aromatic heterocycles. The van der Waals surface area contributed by atoms with Gasteiger partial charge in [0.15, 0.2) is 6.61 Å². The van der Waals surface area contributed by atoms with E-state index in [1.165, 1.54) is 0 Å². The fourth-order valence-corrected chi connectivity index (χ4v) is 3.04. The van der Waals surface area contributed by atoms with Crippen LogP contribution in [0, 0.1) is 13.8 Å². The van der Waals surface area contributed by atoms with Crippen molar-refractivity contribution in [3.8, 4) is 0 Å². The first-order chi connectivity index (χ1) is 13.6. The molecule has 0 aliphatic heterocycles. The monoisotopic (exact) mass is 400 g/mol. The maximum absolute atomic E-state index is 12.4. The summed E-state index contributed by atoms with van der Waals surface area (Å²) in [5.41, 5.74) is 3.07. The number of ether oxygens (including phenoxy) is 2. The van der Waals surface area contributed by atoms with Gasteiger partial charge in [0, 0.05) is 11.4 Å². The number of anilines is 1. The molecule has 1 heterocycles. The van der Waals surface area contributed by atoms with Gasteiger partial charge in [-0.25, -0.2) is 9.59 Å². The van der Waals surface area contributed by atoms with Gasteiger partial charge in [-0.15, -0.1) is 0 Å². The van der Waals surface area contributed by atoms with Crippen molar-refractivity contribution in [1.82, 2.24) is 4.98 Å². The van der Waals surface area contributed by atoms with Gasteiger partial charge in [0.25, 0.3) is 5.91 Å². The van der Waals surface area contributed by atoms with Gasteiger partial charge in [0.05, 0.1) is 11.7 Å². The molecule has 7 nitrogen and oxygen atoms in total. The van der Waals surface area contributed by atoms with Crippen molar-refractivity contribution in [3.05, 3.63) is 52.3 Å². The number of aryl methyl sites for hydroxylation is 1. The normalized spacial score (nSPS) is 10.9. The molecule has 0 atom stereocenters. The minimum atomic E-state index is -0.707. The number of H-pyrrole nitrogens is 1. The predicted molar refractivity (Wildman–Crippen MR) is 110 cm³/mol. The molecular formula is C22H28N2O5. The van der Waals surface area contributed by atoms with Gasteiger partial charge in [-0.2, -0.15) is 0 Å². The van der Waals surface area contributed by atoms with E-state index < -0.39 is 24.5 Å². The molecule has 0 radical (unpaired) electrons. The topological polar surface area (TPSA) is 97.5 Å². The van der Waals surface area contributed by atoms with Crippen LogP contribution < -0.4 is 5.32 Å². The van der Waals surface area contributed by atoms with Gasteiger partial charge in [-0.05, 0) is 50.8 Å². The van der Waals surface area contributed by atoms with E-state index >= 15 is 0 Å². The summed E-state index contributed by atoms with van der Waals surface area (Å²) in [5, 5.41) is 2.77. The van der Waals surface area contributed by atoms with Gasteiger partial charge in [-0.1, -0.05) is 32.0 Å². The summed E-state index contributed by atoms with van der Waals surface area (Å²) >= 11 is 0. The van der Waals surface area contributed by atoms with Crippen molar-refractivity contribution in [2.75, 3.05) is 11.9 Å². The smallest absolute Gasteiger partial charge is 0.355 e. The zero-order chi connectivity index (χ0) is 21.7.